The van der Waals surface area contributed by atoms with E-state index in [4.69, 9.17) is 32.3 Å². The molecule has 5 unspecified atom stereocenters. The third kappa shape index (κ3) is 61.4. The Morgan fingerprint density at radius 1 is 0.341 bits per heavy atom. The van der Waals surface area contributed by atoms with Gasteiger partial charge in [-0.1, -0.05) is 226 Å². The van der Waals surface area contributed by atoms with Crippen LogP contribution >= 0.6 is 15.6 Å². The third-order valence-corrected chi connectivity index (χ3v) is 14.6. The van der Waals surface area contributed by atoms with Gasteiger partial charge in [-0.3, -0.25) is 32.5 Å². The Hall–Kier alpha value is -4.05. The zero-order valence-corrected chi connectivity index (χ0v) is 54.0. The summed E-state index contributed by atoms with van der Waals surface area (Å²) in [7, 11) is -9.79. The molecule has 16 nitrogen and oxygen atoms in total. The van der Waals surface area contributed by atoms with Gasteiger partial charge in [0.1, 0.15) is 25.4 Å². The van der Waals surface area contributed by atoms with Gasteiger partial charge in [0.15, 0.2) is 6.10 Å². The van der Waals surface area contributed by atoms with E-state index in [0.29, 0.717) is 25.7 Å². The van der Waals surface area contributed by atoms with E-state index in [9.17, 15) is 43.5 Å². The molecule has 5 atom stereocenters. The van der Waals surface area contributed by atoms with Crippen molar-refractivity contribution in [2.24, 2.45) is 0 Å². The maximum Gasteiger partial charge on any atom is 0.472 e. The molecule has 0 aromatic carbocycles. The number of hydrogen-bond acceptors (Lipinski definition) is 14. The van der Waals surface area contributed by atoms with Gasteiger partial charge in [0, 0.05) is 19.3 Å². The lowest BCUT2D eigenvalue weighted by atomic mass is 10.1. The second kappa shape index (κ2) is 60.2. The van der Waals surface area contributed by atoms with Gasteiger partial charge in [-0.05, 0) is 103 Å². The van der Waals surface area contributed by atoms with Crippen LogP contribution in [-0.4, -0.2) is 95.9 Å². The standard InChI is InChI=1S/C67H112O16P2/c1-4-7-10-13-16-19-22-24-26-28-29-30-31-33-35-36-39-41-44-47-50-53-65(70)77-56-62(68)57-79-84(73,74)80-58-63(69)59-81-85(75,76)82-61-64(83-67(72)55-52-49-46-43-38-21-18-15-12-9-6-3)60-78-66(71)54-51-48-45-42-40-37-34-32-27-25-23-20-17-14-11-8-5-2/h7-8,10-11,16-17,19-20,24-27,29-30,33-35,37,42,45,62-64,68-69H,4-6,9,12-15,18,21-23,28,31-32,36,38-41,43-44,46-61H2,1-3H3,(H,73,74)(H,75,76)/b10-7-,11-8-,19-16-,20-17-,26-24-,27-25-,30-29-,35-33-,37-34-,45-42-. The summed E-state index contributed by atoms with van der Waals surface area (Å²) in [5.41, 5.74) is 0. The van der Waals surface area contributed by atoms with Crippen molar-refractivity contribution in [3.63, 3.8) is 0 Å². The molecule has 0 aromatic rings. The van der Waals surface area contributed by atoms with Crippen LogP contribution in [0.2, 0.25) is 0 Å². The van der Waals surface area contributed by atoms with Gasteiger partial charge < -0.3 is 34.2 Å². The molecule has 486 valence electrons. The van der Waals surface area contributed by atoms with Gasteiger partial charge in [0.25, 0.3) is 0 Å². The highest BCUT2D eigenvalue weighted by atomic mass is 31.2. The molecular formula is C67H112O16P2. The maximum atomic E-state index is 12.8. The fourth-order valence-corrected chi connectivity index (χ4v) is 9.45. The maximum absolute atomic E-state index is 12.8. The number of rotatable bonds is 59. The highest BCUT2D eigenvalue weighted by molar-refractivity contribution is 7.47. The molecule has 4 N–H and O–H groups in total. The number of carbonyl (C=O) groups excluding carboxylic acids is 3. The number of aliphatic hydroxyl groups excluding tert-OH is 2. The van der Waals surface area contributed by atoms with E-state index in [0.717, 1.165) is 122 Å². The minimum absolute atomic E-state index is 0.0905. The summed E-state index contributed by atoms with van der Waals surface area (Å²) in [4.78, 5) is 58.1. The van der Waals surface area contributed by atoms with Crippen molar-refractivity contribution in [3.05, 3.63) is 122 Å². The first-order valence-electron chi connectivity index (χ1n) is 31.8. The second-order valence-corrected chi connectivity index (χ2v) is 23.7. The molecule has 0 radical (unpaired) electrons. The zero-order valence-electron chi connectivity index (χ0n) is 52.2. The van der Waals surface area contributed by atoms with Gasteiger partial charge >= 0.3 is 33.6 Å². The Morgan fingerprint density at radius 3 is 1.04 bits per heavy atom. The van der Waals surface area contributed by atoms with Crippen molar-refractivity contribution < 1.29 is 75.8 Å². The molecule has 0 saturated carbocycles. The smallest absolute Gasteiger partial charge is 0.463 e. The first-order valence-corrected chi connectivity index (χ1v) is 34.8. The van der Waals surface area contributed by atoms with Crippen molar-refractivity contribution >= 4 is 33.6 Å². The van der Waals surface area contributed by atoms with Gasteiger partial charge in [0.2, 0.25) is 0 Å². The fraction of sp³-hybridized carbons (Fsp3) is 0.657. The molecule has 0 aliphatic carbocycles. The van der Waals surface area contributed by atoms with E-state index in [2.05, 4.69) is 130 Å². The van der Waals surface area contributed by atoms with E-state index in [1.165, 1.54) is 38.5 Å². The molecule has 0 saturated heterocycles. The molecule has 0 amide bonds. The predicted molar refractivity (Wildman–Crippen MR) is 343 cm³/mol. The average Bonchev–Trinajstić information content (AvgIpc) is 3.60. The van der Waals surface area contributed by atoms with Crippen LogP contribution in [0, 0.1) is 0 Å². The van der Waals surface area contributed by atoms with Crippen molar-refractivity contribution in [3.8, 4) is 0 Å². The van der Waals surface area contributed by atoms with E-state index < -0.39 is 91.5 Å². The van der Waals surface area contributed by atoms with Crippen LogP contribution in [0.15, 0.2) is 122 Å². The van der Waals surface area contributed by atoms with E-state index in [1.807, 2.05) is 12.2 Å². The number of phosphoric ester groups is 2. The number of phosphoric acid groups is 2. The molecule has 0 spiro atoms. The van der Waals surface area contributed by atoms with Crippen molar-refractivity contribution in [2.45, 2.75) is 245 Å². The molecule has 85 heavy (non-hydrogen) atoms. The van der Waals surface area contributed by atoms with Gasteiger partial charge in [-0.15, -0.1) is 0 Å². The first-order chi connectivity index (χ1) is 41.2. The van der Waals surface area contributed by atoms with Crippen LogP contribution in [0.1, 0.15) is 226 Å². The largest absolute Gasteiger partial charge is 0.472 e. The SMILES string of the molecule is CC/C=C\C/C=C\C/C=C\C/C=C\C/C=C\CCCCCCCC(=O)OCC(O)COP(=O)(O)OCC(O)COP(=O)(O)OCC(COC(=O)CCC/C=C\C/C=C\C/C=C\C/C=C\C/C=C\CC)OC(=O)CCCCCCCCCCCCC. The number of aliphatic hydroxyl groups is 2. The summed E-state index contributed by atoms with van der Waals surface area (Å²) in [5, 5.41) is 20.5. The van der Waals surface area contributed by atoms with Gasteiger partial charge in [-0.25, -0.2) is 9.13 Å². The molecule has 0 rings (SSSR count). The lowest BCUT2D eigenvalue weighted by Gasteiger charge is -2.21. The number of ether oxygens (including phenoxy) is 3. The van der Waals surface area contributed by atoms with E-state index >= 15 is 0 Å². The highest BCUT2D eigenvalue weighted by Crippen LogP contribution is 2.45. The first kappa shape index (κ1) is 81.0. The molecule has 0 aliphatic rings. The van der Waals surface area contributed by atoms with Crippen molar-refractivity contribution in [2.75, 3.05) is 39.6 Å². The molecule has 0 aliphatic heterocycles. The van der Waals surface area contributed by atoms with E-state index in [-0.39, 0.29) is 19.3 Å². The van der Waals surface area contributed by atoms with Crippen LogP contribution in [0.25, 0.3) is 0 Å². The Bertz CT molecular complexity index is 2040. The average molecular weight is 1240 g/mol. The topological polar surface area (TPSA) is 231 Å². The zero-order chi connectivity index (χ0) is 62.4. The summed E-state index contributed by atoms with van der Waals surface area (Å²) >= 11 is 0. The van der Waals surface area contributed by atoms with Gasteiger partial charge in [0.05, 0.1) is 26.4 Å². The lowest BCUT2D eigenvalue weighted by Crippen LogP contribution is -2.30. The quantitative estimate of drug-likeness (QED) is 0.0146. The van der Waals surface area contributed by atoms with Crippen LogP contribution in [0.3, 0.4) is 0 Å². The number of allylic oxidation sites excluding steroid dienone is 20. The third-order valence-electron chi connectivity index (χ3n) is 12.7. The molecule has 0 heterocycles. The minimum atomic E-state index is -4.93. The normalized spacial score (nSPS) is 15.1. The Morgan fingerprint density at radius 2 is 0.635 bits per heavy atom. The van der Waals surface area contributed by atoms with Crippen LogP contribution < -0.4 is 0 Å². The highest BCUT2D eigenvalue weighted by Gasteiger charge is 2.29. The lowest BCUT2D eigenvalue weighted by molar-refractivity contribution is -0.161. The summed E-state index contributed by atoms with van der Waals surface area (Å²) in [5.74, 6) is -1.67. The fourth-order valence-electron chi connectivity index (χ4n) is 7.87. The second-order valence-electron chi connectivity index (χ2n) is 20.8. The van der Waals surface area contributed by atoms with Crippen LogP contribution in [0.5, 0.6) is 0 Å². The monoisotopic (exact) mass is 1230 g/mol. The number of esters is 3. The Labute approximate surface area is 512 Å². The number of carbonyl (C=O) groups is 3. The van der Waals surface area contributed by atoms with Gasteiger partial charge in [-0.2, -0.15) is 0 Å². The molecular weight excluding hydrogens is 1120 g/mol. The Kier molecular flexibility index (Phi) is 57.4. The summed E-state index contributed by atoms with van der Waals surface area (Å²) < 4.78 is 60.6. The molecule has 0 aromatic heterocycles. The summed E-state index contributed by atoms with van der Waals surface area (Å²) in [6, 6.07) is 0. The Balaban J connectivity index is 4.66. The summed E-state index contributed by atoms with van der Waals surface area (Å²) in [6.45, 7) is 2.31. The minimum Gasteiger partial charge on any atom is -0.463 e. The van der Waals surface area contributed by atoms with Crippen molar-refractivity contribution in [1.29, 1.82) is 0 Å². The predicted octanol–water partition coefficient (Wildman–Crippen LogP) is 17.1. The molecule has 18 heteroatoms. The number of unbranched alkanes of at least 4 members (excludes halogenated alkanes) is 16. The number of hydrogen-bond donors (Lipinski definition) is 4. The summed E-state index contributed by atoms with van der Waals surface area (Å²) in [6.07, 6.45) is 67.0. The van der Waals surface area contributed by atoms with Crippen LogP contribution in [0.4, 0.5) is 0 Å². The molecule has 0 bridgehead atoms. The van der Waals surface area contributed by atoms with E-state index in [1.54, 1.807) is 0 Å². The van der Waals surface area contributed by atoms with Crippen LogP contribution in [-0.2, 0) is 55.8 Å². The van der Waals surface area contributed by atoms with Crippen molar-refractivity contribution in [1.82, 2.24) is 0 Å². The molecule has 0 fully saturated rings.